The van der Waals surface area contributed by atoms with Gasteiger partial charge in [-0.2, -0.15) is 5.10 Å². The number of carbonyl (C=O) groups is 1. The molecule has 6 heteroatoms. The van der Waals surface area contributed by atoms with Crippen molar-refractivity contribution < 1.29 is 14.6 Å². The lowest BCUT2D eigenvalue weighted by molar-refractivity contribution is -0.136. The Morgan fingerprint density at radius 3 is 2.68 bits per heavy atom. The number of nitrogens with zero attached hydrogens (tertiary/aromatic N) is 2. The summed E-state index contributed by atoms with van der Waals surface area (Å²) in [5.41, 5.74) is 8.35. The van der Waals surface area contributed by atoms with Crippen LogP contribution in [0.4, 0.5) is 5.82 Å². The van der Waals surface area contributed by atoms with Gasteiger partial charge < -0.3 is 9.84 Å². The summed E-state index contributed by atoms with van der Waals surface area (Å²) < 4.78 is 5.25. The van der Waals surface area contributed by atoms with Crippen molar-refractivity contribution in [3.05, 3.63) is 64.7 Å². The third-order valence-corrected chi connectivity index (χ3v) is 4.63. The molecule has 144 valence electrons. The Balaban J connectivity index is 1.89. The van der Waals surface area contributed by atoms with E-state index in [9.17, 15) is 4.79 Å². The first-order valence-corrected chi connectivity index (χ1v) is 8.95. The quantitative estimate of drug-likeness (QED) is 0.494. The van der Waals surface area contributed by atoms with E-state index in [0.717, 1.165) is 33.3 Å². The number of benzene rings is 2. The van der Waals surface area contributed by atoms with Crippen LogP contribution in [-0.2, 0) is 11.2 Å². The molecule has 0 fully saturated rings. The van der Waals surface area contributed by atoms with Gasteiger partial charge in [-0.3, -0.25) is 10.2 Å². The fourth-order valence-electron chi connectivity index (χ4n) is 3.13. The standard InChI is InChI=1S/C22H23N3O3/c1-13-6-5-7-18-14(2)10-20(23-22(13)18)25-24-15(3)16-8-9-19(28-4)17(11-16)12-21(26)27/h5-11H,12H2,1-4H3,(H,23,25)(H,26,27)/b24-15-. The minimum atomic E-state index is -0.908. The number of hydrazone groups is 1. The summed E-state index contributed by atoms with van der Waals surface area (Å²) in [5, 5.41) is 14.7. The molecule has 3 rings (SSSR count). The molecule has 2 aromatic carbocycles. The van der Waals surface area contributed by atoms with Gasteiger partial charge in [0, 0.05) is 10.9 Å². The second-order valence-corrected chi connectivity index (χ2v) is 6.70. The van der Waals surface area contributed by atoms with Crippen molar-refractivity contribution in [2.45, 2.75) is 27.2 Å². The molecule has 0 unspecified atom stereocenters. The van der Waals surface area contributed by atoms with E-state index in [1.807, 2.05) is 45.0 Å². The van der Waals surface area contributed by atoms with Crippen LogP contribution < -0.4 is 10.2 Å². The molecule has 6 nitrogen and oxygen atoms in total. The first-order chi connectivity index (χ1) is 13.4. The molecule has 0 aliphatic heterocycles. The summed E-state index contributed by atoms with van der Waals surface area (Å²) in [6, 6.07) is 13.5. The maximum Gasteiger partial charge on any atom is 0.307 e. The number of aryl methyl sites for hydroxylation is 2. The number of anilines is 1. The second-order valence-electron chi connectivity index (χ2n) is 6.70. The predicted molar refractivity (Wildman–Crippen MR) is 111 cm³/mol. The van der Waals surface area contributed by atoms with Crippen LogP contribution in [0, 0.1) is 13.8 Å². The Labute approximate surface area is 163 Å². The Hall–Kier alpha value is -3.41. The highest BCUT2D eigenvalue weighted by Gasteiger charge is 2.10. The molecule has 0 amide bonds. The average Bonchev–Trinajstić information content (AvgIpc) is 2.66. The largest absolute Gasteiger partial charge is 0.496 e. The van der Waals surface area contributed by atoms with Gasteiger partial charge in [0.2, 0.25) is 0 Å². The van der Waals surface area contributed by atoms with Gasteiger partial charge in [-0.15, -0.1) is 0 Å². The molecule has 0 aliphatic rings. The molecule has 0 atom stereocenters. The van der Waals surface area contributed by atoms with Crippen LogP contribution >= 0.6 is 0 Å². The Bertz CT molecular complexity index is 1070. The molecular weight excluding hydrogens is 354 g/mol. The molecule has 0 radical (unpaired) electrons. The van der Waals surface area contributed by atoms with Crippen LogP contribution in [0.2, 0.25) is 0 Å². The first-order valence-electron chi connectivity index (χ1n) is 8.95. The third kappa shape index (κ3) is 4.11. The highest BCUT2D eigenvalue weighted by molar-refractivity contribution is 5.99. The van der Waals surface area contributed by atoms with Gasteiger partial charge in [0.1, 0.15) is 11.6 Å². The zero-order chi connectivity index (χ0) is 20.3. The molecule has 1 aromatic heterocycles. The molecule has 0 bridgehead atoms. The number of methoxy groups -OCH3 is 1. The average molecular weight is 377 g/mol. The smallest absolute Gasteiger partial charge is 0.307 e. The number of pyridine rings is 1. The van der Waals surface area contributed by atoms with Gasteiger partial charge in [0.25, 0.3) is 0 Å². The fraction of sp³-hybridized carbons (Fsp3) is 0.227. The van der Waals surface area contributed by atoms with Crippen LogP contribution in [0.3, 0.4) is 0 Å². The van der Waals surface area contributed by atoms with E-state index in [1.165, 1.54) is 7.11 Å². The van der Waals surface area contributed by atoms with Crippen LogP contribution in [0.25, 0.3) is 10.9 Å². The number of para-hydroxylation sites is 1. The number of hydrogen-bond donors (Lipinski definition) is 2. The SMILES string of the molecule is COc1ccc(/C(C)=N\Nc2cc(C)c3cccc(C)c3n2)cc1CC(=O)O. The van der Waals surface area contributed by atoms with Gasteiger partial charge in [0.15, 0.2) is 0 Å². The van der Waals surface area contributed by atoms with Gasteiger partial charge >= 0.3 is 5.97 Å². The summed E-state index contributed by atoms with van der Waals surface area (Å²) in [5.74, 6) is 0.307. The van der Waals surface area contributed by atoms with Crippen molar-refractivity contribution in [2.24, 2.45) is 5.10 Å². The minimum absolute atomic E-state index is 0.109. The van der Waals surface area contributed by atoms with Crippen LogP contribution in [0.5, 0.6) is 5.75 Å². The summed E-state index contributed by atoms with van der Waals surface area (Å²) in [7, 11) is 1.53. The van der Waals surface area contributed by atoms with Crippen LogP contribution in [-0.4, -0.2) is 28.9 Å². The number of carboxylic acids is 1. The number of carboxylic acid groups (broad SMARTS) is 1. The van der Waals surface area contributed by atoms with E-state index in [4.69, 9.17) is 9.84 Å². The highest BCUT2D eigenvalue weighted by atomic mass is 16.5. The summed E-state index contributed by atoms with van der Waals surface area (Å²) in [6.07, 6.45) is -0.109. The molecule has 1 heterocycles. The summed E-state index contributed by atoms with van der Waals surface area (Å²) >= 11 is 0. The molecule has 0 saturated carbocycles. The normalized spacial score (nSPS) is 11.5. The van der Waals surface area contributed by atoms with Gasteiger partial charge in [-0.1, -0.05) is 18.2 Å². The second kappa shape index (κ2) is 8.08. The Kier molecular flexibility index (Phi) is 5.59. The predicted octanol–water partition coefficient (Wildman–Crippen LogP) is 4.32. The summed E-state index contributed by atoms with van der Waals surface area (Å²) in [6.45, 7) is 5.94. The van der Waals surface area contributed by atoms with Gasteiger partial charge in [-0.25, -0.2) is 4.98 Å². The third-order valence-electron chi connectivity index (χ3n) is 4.63. The van der Waals surface area contributed by atoms with Crippen molar-refractivity contribution in [3.63, 3.8) is 0 Å². The van der Waals surface area contributed by atoms with Crippen molar-refractivity contribution in [1.82, 2.24) is 4.98 Å². The summed E-state index contributed by atoms with van der Waals surface area (Å²) in [4.78, 5) is 15.8. The van der Waals surface area contributed by atoms with E-state index < -0.39 is 5.97 Å². The van der Waals surface area contributed by atoms with E-state index in [2.05, 4.69) is 21.6 Å². The lowest BCUT2D eigenvalue weighted by atomic mass is 10.0. The minimum Gasteiger partial charge on any atom is -0.496 e. The van der Waals surface area contributed by atoms with E-state index >= 15 is 0 Å². The van der Waals surface area contributed by atoms with Crippen molar-refractivity contribution >= 4 is 28.4 Å². The number of fused-ring (bicyclic) bond motifs is 1. The van der Waals surface area contributed by atoms with Gasteiger partial charge in [0.05, 0.1) is 24.8 Å². The highest BCUT2D eigenvalue weighted by Crippen LogP contribution is 2.24. The number of rotatable bonds is 6. The van der Waals surface area contributed by atoms with Crippen molar-refractivity contribution in [2.75, 3.05) is 12.5 Å². The van der Waals surface area contributed by atoms with Crippen molar-refractivity contribution in [1.29, 1.82) is 0 Å². The first kappa shape index (κ1) is 19.4. The van der Waals surface area contributed by atoms with E-state index in [0.29, 0.717) is 17.1 Å². The van der Waals surface area contributed by atoms with Crippen molar-refractivity contribution in [3.8, 4) is 5.75 Å². The molecule has 28 heavy (non-hydrogen) atoms. The van der Waals surface area contributed by atoms with Crippen LogP contribution in [0.15, 0.2) is 47.6 Å². The maximum atomic E-state index is 11.1. The molecule has 0 spiro atoms. The number of ether oxygens (including phenoxy) is 1. The topological polar surface area (TPSA) is 83.8 Å². The van der Waals surface area contributed by atoms with E-state index in [-0.39, 0.29) is 6.42 Å². The lowest BCUT2D eigenvalue weighted by Crippen LogP contribution is -2.06. The number of aliphatic carboxylic acids is 1. The molecule has 0 saturated heterocycles. The number of aromatic nitrogens is 1. The maximum absolute atomic E-state index is 11.1. The molecular formula is C22H23N3O3. The molecule has 3 aromatic rings. The molecule has 0 aliphatic carbocycles. The van der Waals surface area contributed by atoms with E-state index in [1.54, 1.807) is 12.1 Å². The Morgan fingerprint density at radius 1 is 1.18 bits per heavy atom. The van der Waals surface area contributed by atoms with Crippen LogP contribution in [0.1, 0.15) is 29.2 Å². The lowest BCUT2D eigenvalue weighted by Gasteiger charge is -2.10. The zero-order valence-electron chi connectivity index (χ0n) is 16.4. The Morgan fingerprint density at radius 2 is 1.96 bits per heavy atom. The number of nitrogens with one attached hydrogen (secondary N) is 1. The zero-order valence-corrected chi connectivity index (χ0v) is 16.4. The van der Waals surface area contributed by atoms with Gasteiger partial charge in [-0.05, 0) is 61.7 Å². The molecule has 2 N–H and O–H groups in total. The number of hydrogen-bond acceptors (Lipinski definition) is 5. The monoisotopic (exact) mass is 377 g/mol. The fourth-order valence-corrected chi connectivity index (χ4v) is 3.13.